The van der Waals surface area contributed by atoms with Crippen LogP contribution in [0.1, 0.15) is 32.4 Å². The van der Waals surface area contributed by atoms with Crippen molar-refractivity contribution in [1.82, 2.24) is 4.90 Å². The topological polar surface area (TPSA) is 66.8 Å². The molecular weight excluding hydrogens is 246 g/mol. The summed E-state index contributed by atoms with van der Waals surface area (Å²) in [4.78, 5) is 24.6. The number of nitrogens with zero attached hydrogens (tertiary/aromatic N) is 1. The van der Waals surface area contributed by atoms with Gasteiger partial charge in [-0.15, -0.1) is 0 Å². The van der Waals surface area contributed by atoms with E-state index in [9.17, 15) is 14.7 Å². The maximum Gasteiger partial charge on any atom is 0.417 e. The molecule has 1 fully saturated rings. The van der Waals surface area contributed by atoms with Crippen molar-refractivity contribution in [3.8, 4) is 0 Å². The molecule has 2 rings (SSSR count). The molecule has 0 aliphatic carbocycles. The zero-order chi connectivity index (χ0) is 14.2. The molecule has 1 aliphatic heterocycles. The highest BCUT2D eigenvalue weighted by Crippen LogP contribution is 2.35. The van der Waals surface area contributed by atoms with Crippen LogP contribution in [0.3, 0.4) is 0 Å². The first-order valence-corrected chi connectivity index (χ1v) is 6.10. The quantitative estimate of drug-likeness (QED) is 0.785. The van der Waals surface area contributed by atoms with Gasteiger partial charge in [-0.1, -0.05) is 30.3 Å². The Kier molecular flexibility index (Phi) is 3.32. The van der Waals surface area contributed by atoms with E-state index in [2.05, 4.69) is 0 Å². The second kappa shape index (κ2) is 4.66. The molecule has 1 heterocycles. The van der Waals surface area contributed by atoms with E-state index in [-0.39, 0.29) is 0 Å². The summed E-state index contributed by atoms with van der Waals surface area (Å²) >= 11 is 0. The number of ether oxygens (including phenoxy) is 1. The minimum Gasteiger partial charge on any atom is -0.443 e. The summed E-state index contributed by atoms with van der Waals surface area (Å²) in [6.45, 7) is 5.18. The van der Waals surface area contributed by atoms with Crippen LogP contribution in [0, 0.1) is 0 Å². The zero-order valence-corrected chi connectivity index (χ0v) is 11.2. The predicted molar refractivity (Wildman–Crippen MR) is 68.3 cm³/mol. The lowest BCUT2D eigenvalue weighted by Crippen LogP contribution is -2.61. The van der Waals surface area contributed by atoms with Crippen molar-refractivity contribution in [3.05, 3.63) is 35.9 Å². The highest BCUT2D eigenvalue weighted by molar-refractivity contribution is 6.01. The Hall–Kier alpha value is -1.88. The normalized spacial score (nSPS) is 22.9. The molecular formula is C14H17NO4. The van der Waals surface area contributed by atoms with Crippen molar-refractivity contribution >= 4 is 12.0 Å². The average Bonchev–Trinajstić information content (AvgIpc) is 2.33. The van der Waals surface area contributed by atoms with Crippen LogP contribution in [0.4, 0.5) is 4.79 Å². The van der Waals surface area contributed by atoms with Gasteiger partial charge in [-0.05, 0) is 26.3 Å². The number of likely N-dealkylation sites (tertiary alicyclic amines) is 1. The van der Waals surface area contributed by atoms with Gasteiger partial charge in [0, 0.05) is 0 Å². The van der Waals surface area contributed by atoms with Gasteiger partial charge in [0.2, 0.25) is 0 Å². The summed E-state index contributed by atoms with van der Waals surface area (Å²) < 4.78 is 5.17. The van der Waals surface area contributed by atoms with Gasteiger partial charge in [0.1, 0.15) is 11.6 Å². The van der Waals surface area contributed by atoms with E-state index in [1.807, 2.05) is 6.07 Å². The molecule has 0 spiro atoms. The molecule has 1 aliphatic rings. The lowest BCUT2D eigenvalue weighted by molar-refractivity contribution is -0.164. The van der Waals surface area contributed by atoms with Crippen molar-refractivity contribution in [3.63, 3.8) is 0 Å². The number of imide groups is 1. The van der Waals surface area contributed by atoms with Crippen molar-refractivity contribution < 1.29 is 19.4 Å². The monoisotopic (exact) mass is 263 g/mol. The standard InChI is InChI=1S/C14H17NO4/c1-14(2,3)19-13(18)15-10(11(16)12(15)17)9-7-5-4-6-8-9/h4-8,10-11,16H,1-3H3/t10-,11+/m0/s1. The molecule has 1 aromatic carbocycles. The lowest BCUT2D eigenvalue weighted by Gasteiger charge is -2.43. The Labute approximate surface area is 111 Å². The number of aliphatic hydroxyl groups excluding tert-OH is 1. The molecule has 0 aromatic heterocycles. The number of hydrogen-bond acceptors (Lipinski definition) is 4. The van der Waals surface area contributed by atoms with E-state index < -0.39 is 29.7 Å². The first-order chi connectivity index (χ1) is 8.81. The van der Waals surface area contributed by atoms with Gasteiger partial charge in [-0.2, -0.15) is 0 Å². The van der Waals surface area contributed by atoms with Gasteiger partial charge >= 0.3 is 6.09 Å². The van der Waals surface area contributed by atoms with Crippen molar-refractivity contribution in [2.24, 2.45) is 0 Å². The molecule has 0 radical (unpaired) electrons. The fourth-order valence-corrected chi connectivity index (χ4v) is 1.97. The van der Waals surface area contributed by atoms with Crippen LogP contribution in [0.2, 0.25) is 0 Å². The molecule has 1 saturated heterocycles. The minimum absolute atomic E-state index is 0.622. The number of β-lactam (4-membered cyclic amide) rings is 1. The molecule has 2 amide bonds. The molecule has 102 valence electrons. The first kappa shape index (κ1) is 13.5. The minimum atomic E-state index is -1.19. The molecule has 0 unspecified atom stereocenters. The second-order valence-corrected chi connectivity index (χ2v) is 5.49. The summed E-state index contributed by atoms with van der Waals surface area (Å²) in [5, 5.41) is 9.75. The van der Waals surface area contributed by atoms with E-state index >= 15 is 0 Å². The van der Waals surface area contributed by atoms with Gasteiger partial charge in [-0.3, -0.25) is 4.79 Å². The Morgan fingerprint density at radius 3 is 2.37 bits per heavy atom. The number of carbonyl (C=O) groups excluding carboxylic acids is 2. The molecule has 1 N–H and O–H groups in total. The van der Waals surface area contributed by atoms with E-state index in [0.717, 1.165) is 4.90 Å². The summed E-state index contributed by atoms with van der Waals surface area (Å²) in [6.07, 6.45) is -1.91. The van der Waals surface area contributed by atoms with Crippen LogP contribution >= 0.6 is 0 Å². The van der Waals surface area contributed by atoms with Crippen LogP contribution in [0.5, 0.6) is 0 Å². The zero-order valence-electron chi connectivity index (χ0n) is 11.2. The maximum atomic E-state index is 12.0. The van der Waals surface area contributed by atoms with Crippen LogP contribution in [-0.4, -0.2) is 33.7 Å². The number of carbonyl (C=O) groups is 2. The Morgan fingerprint density at radius 1 is 1.26 bits per heavy atom. The molecule has 0 bridgehead atoms. The van der Waals surface area contributed by atoms with Crippen LogP contribution < -0.4 is 0 Å². The van der Waals surface area contributed by atoms with E-state index in [1.165, 1.54) is 0 Å². The van der Waals surface area contributed by atoms with Gasteiger partial charge in [0.05, 0.1) is 0 Å². The third-order valence-electron chi connectivity index (χ3n) is 2.80. The molecule has 5 nitrogen and oxygen atoms in total. The second-order valence-electron chi connectivity index (χ2n) is 5.49. The van der Waals surface area contributed by atoms with E-state index in [1.54, 1.807) is 45.0 Å². The number of benzene rings is 1. The van der Waals surface area contributed by atoms with Crippen molar-refractivity contribution in [2.45, 2.75) is 38.5 Å². The third kappa shape index (κ3) is 2.61. The third-order valence-corrected chi connectivity index (χ3v) is 2.80. The molecule has 1 aromatic rings. The fraction of sp³-hybridized carbons (Fsp3) is 0.429. The Morgan fingerprint density at radius 2 is 1.84 bits per heavy atom. The van der Waals surface area contributed by atoms with Gasteiger partial charge in [0.15, 0.2) is 6.10 Å². The molecule has 19 heavy (non-hydrogen) atoms. The van der Waals surface area contributed by atoms with Gasteiger partial charge < -0.3 is 9.84 Å². The lowest BCUT2D eigenvalue weighted by atomic mass is 9.91. The Balaban J connectivity index is 2.20. The van der Waals surface area contributed by atoms with E-state index in [4.69, 9.17) is 4.74 Å². The highest BCUT2D eigenvalue weighted by Gasteiger charge is 2.52. The molecule has 2 atom stereocenters. The first-order valence-electron chi connectivity index (χ1n) is 6.10. The fourth-order valence-electron chi connectivity index (χ4n) is 1.97. The number of hydrogen-bond donors (Lipinski definition) is 1. The maximum absolute atomic E-state index is 12.0. The number of rotatable bonds is 1. The van der Waals surface area contributed by atoms with Gasteiger partial charge in [-0.25, -0.2) is 9.69 Å². The largest absolute Gasteiger partial charge is 0.443 e. The van der Waals surface area contributed by atoms with Crippen LogP contribution in [0.15, 0.2) is 30.3 Å². The summed E-state index contributed by atoms with van der Waals surface area (Å²) in [7, 11) is 0. The predicted octanol–water partition coefficient (Wildman–Crippen LogP) is 1.87. The van der Waals surface area contributed by atoms with Crippen molar-refractivity contribution in [1.29, 1.82) is 0 Å². The highest BCUT2D eigenvalue weighted by atomic mass is 16.6. The Bertz CT molecular complexity index is 492. The van der Waals surface area contributed by atoms with Crippen LogP contribution in [-0.2, 0) is 9.53 Å². The SMILES string of the molecule is CC(C)(C)OC(=O)N1C(=O)[C@H](O)[C@@H]1c1ccccc1. The summed E-state index contributed by atoms with van der Waals surface area (Å²) in [5.74, 6) is -0.622. The summed E-state index contributed by atoms with van der Waals surface area (Å²) in [6, 6.07) is 8.27. The van der Waals surface area contributed by atoms with Crippen LogP contribution in [0.25, 0.3) is 0 Å². The van der Waals surface area contributed by atoms with Crippen molar-refractivity contribution in [2.75, 3.05) is 0 Å². The number of amides is 2. The van der Waals surface area contributed by atoms with E-state index in [0.29, 0.717) is 5.56 Å². The summed E-state index contributed by atoms with van der Waals surface area (Å²) in [5.41, 5.74) is 0.0274. The van der Waals surface area contributed by atoms with Gasteiger partial charge in [0.25, 0.3) is 5.91 Å². The average molecular weight is 263 g/mol. The number of aliphatic hydroxyl groups is 1. The molecule has 0 saturated carbocycles. The molecule has 5 heteroatoms. The smallest absolute Gasteiger partial charge is 0.417 e.